The maximum Gasteiger partial charge on any atom is 0.140 e. The van der Waals surface area contributed by atoms with Gasteiger partial charge in [-0.1, -0.05) is 6.92 Å². The summed E-state index contributed by atoms with van der Waals surface area (Å²) in [6, 6.07) is 7.37. The summed E-state index contributed by atoms with van der Waals surface area (Å²) in [5.74, 6) is 1.86. The third-order valence-electron chi connectivity index (χ3n) is 3.78. The van der Waals surface area contributed by atoms with Crippen molar-refractivity contribution in [3.63, 3.8) is 0 Å². The summed E-state index contributed by atoms with van der Waals surface area (Å²) in [5, 5.41) is 3.48. The number of hydrogen-bond acceptors (Lipinski definition) is 4. The predicted molar refractivity (Wildman–Crippen MR) is 69.4 cm³/mol. The Morgan fingerprint density at radius 1 is 1.21 bits per heavy atom. The number of Topliss-reactive ketones (excluding diaryl/α,β-unsaturated/α-hetero) is 1. The average molecular weight is 259 g/mol. The minimum absolute atomic E-state index is 0.0302. The van der Waals surface area contributed by atoms with Gasteiger partial charge in [0.1, 0.15) is 17.3 Å². The SMILES string of the molecule is CC[C@@H]1C(=O)C[C@@H](c2ccco2)N[C@@H]1c1ccco1. The monoisotopic (exact) mass is 259 g/mol. The van der Waals surface area contributed by atoms with Gasteiger partial charge in [0.15, 0.2) is 0 Å². The van der Waals surface area contributed by atoms with E-state index in [4.69, 9.17) is 8.83 Å². The number of carbonyl (C=O) groups excluding carboxylic acids is 1. The van der Waals surface area contributed by atoms with Crippen LogP contribution in [0.4, 0.5) is 0 Å². The molecular weight excluding hydrogens is 242 g/mol. The van der Waals surface area contributed by atoms with E-state index in [1.54, 1.807) is 12.5 Å². The minimum Gasteiger partial charge on any atom is -0.468 e. The molecule has 0 aromatic carbocycles. The van der Waals surface area contributed by atoms with Crippen molar-refractivity contribution < 1.29 is 13.6 Å². The van der Waals surface area contributed by atoms with E-state index >= 15 is 0 Å². The molecular formula is C15H17NO3. The van der Waals surface area contributed by atoms with Crippen molar-refractivity contribution in [2.75, 3.05) is 0 Å². The van der Waals surface area contributed by atoms with Gasteiger partial charge in [-0.25, -0.2) is 0 Å². The van der Waals surface area contributed by atoms with Crippen LogP contribution in [0.3, 0.4) is 0 Å². The minimum atomic E-state index is -0.0728. The van der Waals surface area contributed by atoms with Crippen molar-refractivity contribution in [3.8, 4) is 0 Å². The third-order valence-corrected chi connectivity index (χ3v) is 3.78. The van der Waals surface area contributed by atoms with E-state index in [0.29, 0.717) is 6.42 Å². The van der Waals surface area contributed by atoms with Crippen LogP contribution in [-0.4, -0.2) is 5.78 Å². The zero-order valence-electron chi connectivity index (χ0n) is 10.8. The first-order valence-corrected chi connectivity index (χ1v) is 6.65. The van der Waals surface area contributed by atoms with Crippen LogP contribution >= 0.6 is 0 Å². The van der Waals surface area contributed by atoms with E-state index < -0.39 is 0 Å². The van der Waals surface area contributed by atoms with Crippen molar-refractivity contribution in [2.24, 2.45) is 5.92 Å². The molecule has 100 valence electrons. The Hall–Kier alpha value is -1.81. The molecule has 1 fully saturated rings. The molecule has 19 heavy (non-hydrogen) atoms. The Bertz CT molecular complexity index is 530. The van der Waals surface area contributed by atoms with Crippen molar-refractivity contribution in [1.82, 2.24) is 5.32 Å². The fourth-order valence-electron chi connectivity index (χ4n) is 2.81. The van der Waals surface area contributed by atoms with E-state index in [1.807, 2.05) is 31.2 Å². The number of rotatable bonds is 3. The fourth-order valence-corrected chi connectivity index (χ4v) is 2.81. The van der Waals surface area contributed by atoms with Crippen LogP contribution in [0, 0.1) is 5.92 Å². The summed E-state index contributed by atoms with van der Waals surface area (Å²) in [5.41, 5.74) is 0. The van der Waals surface area contributed by atoms with Crippen molar-refractivity contribution >= 4 is 5.78 Å². The first kappa shape index (κ1) is 12.2. The normalized spacial score (nSPS) is 27.6. The highest BCUT2D eigenvalue weighted by atomic mass is 16.3. The molecule has 3 rings (SSSR count). The van der Waals surface area contributed by atoms with Crippen molar-refractivity contribution in [3.05, 3.63) is 48.3 Å². The maximum atomic E-state index is 12.3. The maximum absolute atomic E-state index is 12.3. The quantitative estimate of drug-likeness (QED) is 0.919. The van der Waals surface area contributed by atoms with E-state index in [9.17, 15) is 4.79 Å². The first-order valence-electron chi connectivity index (χ1n) is 6.65. The van der Waals surface area contributed by atoms with Crippen LogP contribution in [0.15, 0.2) is 45.6 Å². The number of carbonyl (C=O) groups is 1. The van der Waals surface area contributed by atoms with E-state index in [-0.39, 0.29) is 23.8 Å². The number of nitrogens with one attached hydrogen (secondary N) is 1. The molecule has 0 spiro atoms. The topological polar surface area (TPSA) is 55.4 Å². The van der Waals surface area contributed by atoms with Crippen molar-refractivity contribution in [2.45, 2.75) is 31.8 Å². The lowest BCUT2D eigenvalue weighted by Crippen LogP contribution is -2.41. The summed E-state index contributed by atoms with van der Waals surface area (Å²) in [4.78, 5) is 12.3. The standard InChI is InChI=1S/C15H17NO3/c1-2-10-12(17)9-11(13-5-3-7-18-13)16-15(10)14-6-4-8-19-14/h3-8,10-11,15-16H,2,9H2,1H3/t10-,11+,15+/m1/s1. The summed E-state index contributed by atoms with van der Waals surface area (Å²) in [6.45, 7) is 2.04. The molecule has 0 radical (unpaired) electrons. The molecule has 3 heterocycles. The number of furan rings is 2. The molecule has 0 saturated carbocycles. The van der Waals surface area contributed by atoms with E-state index in [1.165, 1.54) is 0 Å². The molecule has 0 bridgehead atoms. The summed E-state index contributed by atoms with van der Waals surface area (Å²) in [6.07, 6.45) is 4.56. The zero-order valence-corrected chi connectivity index (χ0v) is 10.8. The second-order valence-electron chi connectivity index (χ2n) is 4.91. The van der Waals surface area contributed by atoms with Gasteiger partial charge in [-0.3, -0.25) is 10.1 Å². The van der Waals surface area contributed by atoms with Gasteiger partial charge in [-0.05, 0) is 30.7 Å². The molecule has 1 saturated heterocycles. The van der Waals surface area contributed by atoms with Crippen LogP contribution < -0.4 is 5.32 Å². The summed E-state index contributed by atoms with van der Waals surface area (Å²) in [7, 11) is 0. The fraction of sp³-hybridized carbons (Fsp3) is 0.400. The highest BCUT2D eigenvalue weighted by Crippen LogP contribution is 2.36. The number of hydrogen-bond donors (Lipinski definition) is 1. The molecule has 4 heteroatoms. The predicted octanol–water partition coefficient (Wildman–Crippen LogP) is 3.24. The molecule has 0 unspecified atom stereocenters. The van der Waals surface area contributed by atoms with Gasteiger partial charge in [0, 0.05) is 12.3 Å². The van der Waals surface area contributed by atoms with Crippen LogP contribution in [0.25, 0.3) is 0 Å². The molecule has 1 N–H and O–H groups in total. The van der Waals surface area contributed by atoms with Gasteiger partial charge < -0.3 is 8.83 Å². The Morgan fingerprint density at radius 3 is 2.47 bits per heavy atom. The number of piperidine rings is 1. The first-order chi connectivity index (χ1) is 9.29. The summed E-state index contributed by atoms with van der Waals surface area (Å²) < 4.78 is 10.9. The van der Waals surface area contributed by atoms with Crippen LogP contribution in [0.2, 0.25) is 0 Å². The Labute approximate surface area is 111 Å². The molecule has 4 nitrogen and oxygen atoms in total. The lowest BCUT2D eigenvalue weighted by Gasteiger charge is -2.34. The van der Waals surface area contributed by atoms with Crippen LogP contribution in [-0.2, 0) is 4.79 Å². The molecule has 2 aromatic rings. The largest absolute Gasteiger partial charge is 0.468 e. The Morgan fingerprint density at radius 2 is 1.89 bits per heavy atom. The Balaban J connectivity index is 1.89. The number of ketones is 1. The van der Waals surface area contributed by atoms with Gasteiger partial charge in [0.2, 0.25) is 0 Å². The molecule has 0 amide bonds. The highest BCUT2D eigenvalue weighted by molar-refractivity contribution is 5.83. The highest BCUT2D eigenvalue weighted by Gasteiger charge is 2.38. The lowest BCUT2D eigenvalue weighted by molar-refractivity contribution is -0.127. The van der Waals surface area contributed by atoms with Gasteiger partial charge in [-0.15, -0.1) is 0 Å². The van der Waals surface area contributed by atoms with Gasteiger partial charge in [-0.2, -0.15) is 0 Å². The smallest absolute Gasteiger partial charge is 0.140 e. The van der Waals surface area contributed by atoms with Gasteiger partial charge in [0.25, 0.3) is 0 Å². The Kier molecular flexibility index (Phi) is 3.25. The summed E-state index contributed by atoms with van der Waals surface area (Å²) >= 11 is 0. The van der Waals surface area contributed by atoms with Crippen LogP contribution in [0.1, 0.15) is 43.4 Å². The van der Waals surface area contributed by atoms with E-state index in [0.717, 1.165) is 17.9 Å². The molecule has 1 aliphatic rings. The van der Waals surface area contributed by atoms with Crippen molar-refractivity contribution in [1.29, 1.82) is 0 Å². The molecule has 3 atom stereocenters. The van der Waals surface area contributed by atoms with Crippen LogP contribution in [0.5, 0.6) is 0 Å². The zero-order chi connectivity index (χ0) is 13.2. The van der Waals surface area contributed by atoms with Gasteiger partial charge in [0.05, 0.1) is 24.6 Å². The second-order valence-corrected chi connectivity index (χ2v) is 4.91. The third kappa shape index (κ3) is 2.24. The molecule has 1 aliphatic heterocycles. The lowest BCUT2D eigenvalue weighted by atomic mass is 9.82. The molecule has 0 aliphatic carbocycles. The molecule has 2 aromatic heterocycles. The second kappa shape index (κ2) is 5.05. The van der Waals surface area contributed by atoms with Gasteiger partial charge >= 0.3 is 0 Å². The average Bonchev–Trinajstić information content (AvgIpc) is 3.11. The van der Waals surface area contributed by atoms with E-state index in [2.05, 4.69) is 5.32 Å².